The van der Waals surface area contributed by atoms with E-state index in [4.69, 9.17) is 11.6 Å². The Labute approximate surface area is 109 Å². The summed E-state index contributed by atoms with van der Waals surface area (Å²) in [5.74, 6) is 0.381. The second-order valence-electron chi connectivity index (χ2n) is 2.87. The van der Waals surface area contributed by atoms with Crippen molar-refractivity contribution in [2.24, 2.45) is 0 Å². The van der Waals surface area contributed by atoms with Crippen LogP contribution in [-0.2, 0) is 5.88 Å². The molecule has 1 aromatic carbocycles. The van der Waals surface area contributed by atoms with Gasteiger partial charge in [-0.15, -0.1) is 16.7 Å². The van der Waals surface area contributed by atoms with Crippen LogP contribution in [-0.4, -0.2) is 15.0 Å². The molecule has 0 saturated heterocycles. The van der Waals surface area contributed by atoms with Crippen LogP contribution in [0.15, 0.2) is 33.3 Å². The van der Waals surface area contributed by atoms with Crippen LogP contribution in [0.5, 0.6) is 0 Å². The highest BCUT2D eigenvalue weighted by atomic mass is 79.9. The summed E-state index contributed by atoms with van der Waals surface area (Å²) in [5.41, 5.74) is 1.77. The molecule has 0 bridgehead atoms. The van der Waals surface area contributed by atoms with Crippen molar-refractivity contribution in [1.29, 1.82) is 0 Å². The summed E-state index contributed by atoms with van der Waals surface area (Å²) in [5, 5.41) is 7.82. The molecule has 0 spiro atoms. The fourth-order valence-electron chi connectivity index (χ4n) is 1.20. The summed E-state index contributed by atoms with van der Waals surface area (Å²) >= 11 is 12.7. The van der Waals surface area contributed by atoms with Crippen LogP contribution in [0.25, 0.3) is 5.69 Å². The monoisotopic (exact) mass is 349 g/mol. The van der Waals surface area contributed by atoms with E-state index < -0.39 is 0 Å². The highest BCUT2D eigenvalue weighted by Crippen LogP contribution is 2.25. The minimum Gasteiger partial charge on any atom is -0.215 e. The molecule has 0 unspecified atom stereocenters. The van der Waals surface area contributed by atoms with Crippen LogP contribution in [0.3, 0.4) is 0 Å². The Balaban J connectivity index is 2.58. The predicted octanol–water partition coefficient (Wildman–Crippen LogP) is 3.53. The third-order valence-corrected chi connectivity index (χ3v) is 3.33. The molecule has 0 atom stereocenters. The smallest absolute Gasteiger partial charge is 0.0820 e. The quantitative estimate of drug-likeness (QED) is 0.775. The zero-order valence-electron chi connectivity index (χ0n) is 7.49. The molecule has 0 N–H and O–H groups in total. The molecule has 0 aliphatic carbocycles. The Morgan fingerprint density at radius 2 is 2.13 bits per heavy atom. The van der Waals surface area contributed by atoms with Crippen LogP contribution < -0.4 is 0 Å². The number of nitrogens with zero attached hydrogens (tertiary/aromatic N) is 3. The lowest BCUT2D eigenvalue weighted by atomic mass is 10.3. The van der Waals surface area contributed by atoms with Crippen molar-refractivity contribution >= 4 is 43.5 Å². The van der Waals surface area contributed by atoms with Gasteiger partial charge in [-0.25, -0.2) is 4.68 Å². The van der Waals surface area contributed by atoms with Crippen molar-refractivity contribution in [3.63, 3.8) is 0 Å². The lowest BCUT2D eigenvalue weighted by Crippen LogP contribution is -2.01. The molecule has 2 aromatic rings. The molecule has 0 amide bonds. The first-order valence-corrected chi connectivity index (χ1v) is 6.25. The molecule has 1 aromatic heterocycles. The van der Waals surface area contributed by atoms with Gasteiger partial charge in [-0.3, -0.25) is 0 Å². The molecule has 0 saturated carbocycles. The minimum atomic E-state index is 0.381. The first-order chi connectivity index (χ1) is 7.22. The van der Waals surface area contributed by atoms with Crippen molar-refractivity contribution in [1.82, 2.24) is 15.0 Å². The largest absolute Gasteiger partial charge is 0.215 e. The topological polar surface area (TPSA) is 30.7 Å². The van der Waals surface area contributed by atoms with Crippen LogP contribution in [0.2, 0.25) is 0 Å². The molecule has 78 valence electrons. The lowest BCUT2D eigenvalue weighted by molar-refractivity contribution is 0.778. The number of benzene rings is 1. The van der Waals surface area contributed by atoms with E-state index in [-0.39, 0.29) is 0 Å². The van der Waals surface area contributed by atoms with Crippen molar-refractivity contribution in [3.05, 3.63) is 39.0 Å². The molecule has 2 rings (SSSR count). The number of aromatic nitrogens is 3. The summed E-state index contributed by atoms with van der Waals surface area (Å²) in [6, 6.07) is 5.85. The fraction of sp³-hybridized carbons (Fsp3) is 0.111. The van der Waals surface area contributed by atoms with E-state index in [0.717, 1.165) is 20.3 Å². The Morgan fingerprint density at radius 3 is 2.87 bits per heavy atom. The molecular formula is C9H6Br2ClN3. The van der Waals surface area contributed by atoms with Crippen LogP contribution in [0, 0.1) is 0 Å². The van der Waals surface area contributed by atoms with Crippen molar-refractivity contribution in [2.45, 2.75) is 5.88 Å². The van der Waals surface area contributed by atoms with E-state index in [1.165, 1.54) is 0 Å². The zero-order chi connectivity index (χ0) is 10.8. The lowest BCUT2D eigenvalue weighted by Gasteiger charge is -2.06. The van der Waals surface area contributed by atoms with E-state index in [2.05, 4.69) is 42.2 Å². The highest BCUT2D eigenvalue weighted by Gasteiger charge is 2.08. The average Bonchev–Trinajstić information content (AvgIpc) is 2.69. The third-order valence-electron chi connectivity index (χ3n) is 1.89. The van der Waals surface area contributed by atoms with Gasteiger partial charge in [-0.05, 0) is 34.1 Å². The molecule has 3 nitrogen and oxygen atoms in total. The molecule has 0 fully saturated rings. The maximum absolute atomic E-state index is 5.79. The van der Waals surface area contributed by atoms with E-state index in [1.54, 1.807) is 10.9 Å². The second kappa shape index (κ2) is 4.63. The van der Waals surface area contributed by atoms with Crippen molar-refractivity contribution in [3.8, 4) is 5.69 Å². The molecule has 6 heteroatoms. The van der Waals surface area contributed by atoms with Gasteiger partial charge in [0.15, 0.2) is 0 Å². The van der Waals surface area contributed by atoms with Gasteiger partial charge in [0.25, 0.3) is 0 Å². The first kappa shape index (κ1) is 11.1. The van der Waals surface area contributed by atoms with E-state index in [0.29, 0.717) is 5.88 Å². The predicted molar refractivity (Wildman–Crippen MR) is 66.3 cm³/mol. The minimum absolute atomic E-state index is 0.381. The summed E-state index contributed by atoms with van der Waals surface area (Å²) < 4.78 is 3.64. The van der Waals surface area contributed by atoms with Crippen molar-refractivity contribution < 1.29 is 0 Å². The average molecular weight is 351 g/mol. The van der Waals surface area contributed by atoms with Gasteiger partial charge in [0.2, 0.25) is 0 Å². The van der Waals surface area contributed by atoms with Gasteiger partial charge < -0.3 is 0 Å². The van der Waals surface area contributed by atoms with Gasteiger partial charge in [0, 0.05) is 8.95 Å². The maximum Gasteiger partial charge on any atom is 0.0820 e. The number of alkyl halides is 1. The molecule has 0 aliphatic heterocycles. The molecular weight excluding hydrogens is 345 g/mol. The zero-order valence-corrected chi connectivity index (χ0v) is 11.4. The summed E-state index contributed by atoms with van der Waals surface area (Å²) in [7, 11) is 0. The Kier molecular flexibility index (Phi) is 3.43. The normalized spacial score (nSPS) is 10.6. The summed E-state index contributed by atoms with van der Waals surface area (Å²) in [6.45, 7) is 0. The molecule has 0 radical (unpaired) electrons. The van der Waals surface area contributed by atoms with E-state index >= 15 is 0 Å². The van der Waals surface area contributed by atoms with Gasteiger partial charge in [0.05, 0.1) is 23.5 Å². The standard InChI is InChI=1S/C9H6Br2ClN3/c10-6-1-2-8(11)9(3-6)15-7(4-12)5-13-14-15/h1-3,5H,4H2. The van der Waals surface area contributed by atoms with Gasteiger partial charge in [-0.1, -0.05) is 21.1 Å². The van der Waals surface area contributed by atoms with Crippen LogP contribution in [0.4, 0.5) is 0 Å². The van der Waals surface area contributed by atoms with Crippen LogP contribution >= 0.6 is 43.5 Å². The SMILES string of the molecule is ClCc1cnnn1-c1cc(Br)ccc1Br. The number of rotatable bonds is 2. The van der Waals surface area contributed by atoms with E-state index in [9.17, 15) is 0 Å². The van der Waals surface area contributed by atoms with E-state index in [1.807, 2.05) is 18.2 Å². The fourth-order valence-corrected chi connectivity index (χ4v) is 2.14. The number of hydrogen-bond donors (Lipinski definition) is 0. The Morgan fingerprint density at radius 1 is 1.33 bits per heavy atom. The molecule has 0 aliphatic rings. The maximum atomic E-state index is 5.79. The number of halogens is 3. The molecule has 15 heavy (non-hydrogen) atoms. The number of hydrogen-bond acceptors (Lipinski definition) is 2. The summed E-state index contributed by atoms with van der Waals surface area (Å²) in [6.07, 6.45) is 1.65. The van der Waals surface area contributed by atoms with Crippen molar-refractivity contribution in [2.75, 3.05) is 0 Å². The van der Waals surface area contributed by atoms with Gasteiger partial charge in [0.1, 0.15) is 0 Å². The highest BCUT2D eigenvalue weighted by molar-refractivity contribution is 9.11. The third kappa shape index (κ3) is 2.24. The van der Waals surface area contributed by atoms with Crippen LogP contribution in [0.1, 0.15) is 5.69 Å². The second-order valence-corrected chi connectivity index (χ2v) is 4.90. The Bertz CT molecular complexity index is 484. The first-order valence-electron chi connectivity index (χ1n) is 4.13. The van der Waals surface area contributed by atoms with Gasteiger partial charge >= 0.3 is 0 Å². The van der Waals surface area contributed by atoms with Gasteiger partial charge in [-0.2, -0.15) is 0 Å². The summed E-state index contributed by atoms with van der Waals surface area (Å²) in [4.78, 5) is 0. The molecule has 1 heterocycles. The Hall–Kier alpha value is -0.390.